The molecule has 1 aliphatic heterocycles. The summed E-state index contributed by atoms with van der Waals surface area (Å²) in [6.07, 6.45) is 4.26. The molecule has 8 heteroatoms. The Kier molecular flexibility index (Phi) is 6.28. The smallest absolute Gasteiger partial charge is 0.249 e. The number of fused-ring (bicyclic) bond motifs is 3. The summed E-state index contributed by atoms with van der Waals surface area (Å²) in [5, 5.41) is 5.79. The van der Waals surface area contributed by atoms with Gasteiger partial charge in [-0.25, -0.2) is 0 Å². The average molecular weight is 480 g/mol. The van der Waals surface area contributed by atoms with E-state index in [-0.39, 0.29) is 24.9 Å². The van der Waals surface area contributed by atoms with Crippen LogP contribution in [0, 0.1) is 0 Å². The Morgan fingerprint density at radius 1 is 1.18 bits per heavy atom. The van der Waals surface area contributed by atoms with E-state index >= 15 is 0 Å². The van der Waals surface area contributed by atoms with Gasteiger partial charge in [0.2, 0.25) is 11.8 Å². The van der Waals surface area contributed by atoms with Crippen LogP contribution in [-0.2, 0) is 29.0 Å². The lowest BCUT2D eigenvalue weighted by molar-refractivity contribution is -0.123. The highest BCUT2D eigenvalue weighted by molar-refractivity contribution is 7.17. The minimum Gasteiger partial charge on any atom is -0.497 e. The Bertz CT molecular complexity index is 1200. The lowest BCUT2D eigenvalue weighted by Gasteiger charge is -2.20. The van der Waals surface area contributed by atoms with Crippen molar-refractivity contribution in [3.05, 3.63) is 68.2 Å². The van der Waals surface area contributed by atoms with Crippen LogP contribution in [0.3, 0.4) is 0 Å². The molecule has 0 saturated carbocycles. The molecule has 0 fully saturated rings. The lowest BCUT2D eigenvalue weighted by Crippen LogP contribution is -2.41. The maximum Gasteiger partial charge on any atom is 0.249 e. The van der Waals surface area contributed by atoms with Crippen LogP contribution in [0.15, 0.2) is 46.8 Å². The summed E-state index contributed by atoms with van der Waals surface area (Å²) in [6, 6.07) is 11.8. The first-order chi connectivity index (χ1) is 16.1. The SMILES string of the molecule is COc1ccc(C2=NCC(=O)N(CC(=O)NCc3cccs3)c3sc4c(c32)CCCC4)cc1. The van der Waals surface area contributed by atoms with Gasteiger partial charge in [-0.1, -0.05) is 6.07 Å². The molecule has 0 saturated heterocycles. The summed E-state index contributed by atoms with van der Waals surface area (Å²) < 4.78 is 5.31. The third-order valence-electron chi connectivity index (χ3n) is 6.01. The normalized spacial score (nSPS) is 15.4. The van der Waals surface area contributed by atoms with Crippen molar-refractivity contribution in [3.8, 4) is 5.75 Å². The highest BCUT2D eigenvalue weighted by Crippen LogP contribution is 2.42. The highest BCUT2D eigenvalue weighted by atomic mass is 32.1. The minimum absolute atomic E-state index is 0.00200. The van der Waals surface area contributed by atoms with Crippen molar-refractivity contribution in [1.29, 1.82) is 0 Å². The molecule has 0 spiro atoms. The number of nitrogens with zero attached hydrogens (tertiary/aromatic N) is 2. The molecule has 1 N–H and O–H groups in total. The molecule has 1 aromatic carbocycles. The third-order valence-corrected chi connectivity index (χ3v) is 8.20. The molecule has 6 nitrogen and oxygen atoms in total. The zero-order valence-electron chi connectivity index (χ0n) is 18.4. The van der Waals surface area contributed by atoms with Crippen LogP contribution < -0.4 is 15.0 Å². The fourth-order valence-corrected chi connectivity index (χ4v) is 6.40. The number of thiophene rings is 2. The van der Waals surface area contributed by atoms with Crippen molar-refractivity contribution in [3.63, 3.8) is 0 Å². The van der Waals surface area contributed by atoms with Crippen LogP contribution >= 0.6 is 22.7 Å². The second kappa shape index (κ2) is 9.49. The number of ether oxygens (including phenoxy) is 1. The molecule has 1 aliphatic carbocycles. The van der Waals surface area contributed by atoms with Crippen LogP contribution in [0.4, 0.5) is 5.00 Å². The van der Waals surface area contributed by atoms with Gasteiger partial charge in [0.1, 0.15) is 23.8 Å². The maximum absolute atomic E-state index is 13.2. The van der Waals surface area contributed by atoms with Gasteiger partial charge in [0, 0.05) is 20.9 Å². The molecule has 2 aliphatic rings. The van der Waals surface area contributed by atoms with Gasteiger partial charge in [0.15, 0.2) is 0 Å². The number of anilines is 1. The van der Waals surface area contributed by atoms with E-state index in [9.17, 15) is 9.59 Å². The molecular formula is C25H25N3O3S2. The number of benzene rings is 1. The number of carbonyl (C=O) groups excluding carboxylic acids is 2. The number of hydrogen-bond donors (Lipinski definition) is 1. The van der Waals surface area contributed by atoms with E-state index in [1.54, 1.807) is 34.7 Å². The van der Waals surface area contributed by atoms with Gasteiger partial charge in [0.05, 0.1) is 19.4 Å². The number of amides is 2. The van der Waals surface area contributed by atoms with Gasteiger partial charge in [0.25, 0.3) is 0 Å². The molecule has 3 aromatic rings. The van der Waals surface area contributed by atoms with Crippen molar-refractivity contribution < 1.29 is 14.3 Å². The second-order valence-corrected chi connectivity index (χ2v) is 10.2. The Labute approximate surface area is 200 Å². The molecule has 170 valence electrons. The third kappa shape index (κ3) is 4.45. The number of methoxy groups -OCH3 is 1. The van der Waals surface area contributed by atoms with E-state index < -0.39 is 0 Å². The molecule has 0 atom stereocenters. The number of carbonyl (C=O) groups is 2. The van der Waals surface area contributed by atoms with E-state index in [4.69, 9.17) is 9.73 Å². The van der Waals surface area contributed by atoms with E-state index in [0.29, 0.717) is 6.54 Å². The topological polar surface area (TPSA) is 71.0 Å². The summed E-state index contributed by atoms with van der Waals surface area (Å²) in [6.45, 7) is 0.498. The minimum atomic E-state index is -0.165. The number of hydrogen-bond acceptors (Lipinski definition) is 6. The molecule has 2 amide bonds. The van der Waals surface area contributed by atoms with Gasteiger partial charge in [-0.15, -0.1) is 22.7 Å². The van der Waals surface area contributed by atoms with Crippen molar-refractivity contribution >= 4 is 45.2 Å². The lowest BCUT2D eigenvalue weighted by atomic mass is 9.91. The average Bonchev–Trinajstić information content (AvgIpc) is 3.47. The Balaban J connectivity index is 1.49. The molecule has 0 bridgehead atoms. The fourth-order valence-electron chi connectivity index (χ4n) is 4.35. The van der Waals surface area contributed by atoms with Gasteiger partial charge in [-0.2, -0.15) is 0 Å². The van der Waals surface area contributed by atoms with Gasteiger partial charge >= 0.3 is 0 Å². The fraction of sp³-hybridized carbons (Fsp3) is 0.320. The van der Waals surface area contributed by atoms with Crippen LogP contribution in [0.2, 0.25) is 0 Å². The van der Waals surface area contributed by atoms with Crippen molar-refractivity contribution in [2.75, 3.05) is 25.1 Å². The maximum atomic E-state index is 13.2. The molecular weight excluding hydrogens is 454 g/mol. The van der Waals surface area contributed by atoms with Crippen LogP contribution in [0.25, 0.3) is 0 Å². The van der Waals surface area contributed by atoms with E-state index in [0.717, 1.165) is 58.1 Å². The molecule has 3 heterocycles. The second-order valence-electron chi connectivity index (χ2n) is 8.12. The molecule has 0 unspecified atom stereocenters. The van der Waals surface area contributed by atoms with E-state index in [2.05, 4.69) is 5.32 Å². The summed E-state index contributed by atoms with van der Waals surface area (Å²) in [5.41, 5.74) is 4.10. The summed E-state index contributed by atoms with van der Waals surface area (Å²) in [4.78, 5) is 34.8. The largest absolute Gasteiger partial charge is 0.497 e. The number of aryl methyl sites for hydroxylation is 1. The quantitative estimate of drug-likeness (QED) is 0.576. The molecule has 2 aromatic heterocycles. The predicted molar refractivity (Wildman–Crippen MR) is 133 cm³/mol. The summed E-state index contributed by atoms with van der Waals surface area (Å²) in [5.74, 6) is 0.465. The van der Waals surface area contributed by atoms with Crippen molar-refractivity contribution in [1.82, 2.24) is 5.32 Å². The monoisotopic (exact) mass is 479 g/mol. The van der Waals surface area contributed by atoms with Gasteiger partial charge in [-0.05, 0) is 67.0 Å². The van der Waals surface area contributed by atoms with E-state index in [1.807, 2.05) is 41.8 Å². The Morgan fingerprint density at radius 2 is 2.00 bits per heavy atom. The highest BCUT2D eigenvalue weighted by Gasteiger charge is 2.33. The number of aliphatic imine (C=N–C) groups is 1. The zero-order chi connectivity index (χ0) is 22.8. The Morgan fingerprint density at radius 3 is 2.76 bits per heavy atom. The standard InChI is InChI=1S/C25H25N3O3S2/c1-31-17-10-8-16(9-11-17)24-23-19-6-2-3-7-20(19)33-25(23)28(22(30)14-27-24)15-21(29)26-13-18-5-4-12-32-18/h4-5,8-12H,2-3,6-7,13-15H2,1H3,(H,26,29). The first-order valence-electron chi connectivity index (χ1n) is 11.1. The first kappa shape index (κ1) is 21.9. The first-order valence-corrected chi connectivity index (χ1v) is 12.8. The summed E-state index contributed by atoms with van der Waals surface area (Å²) >= 11 is 3.25. The number of nitrogens with one attached hydrogen (secondary N) is 1. The Hall–Kier alpha value is -2.97. The van der Waals surface area contributed by atoms with Crippen molar-refractivity contribution in [2.45, 2.75) is 32.2 Å². The molecule has 33 heavy (non-hydrogen) atoms. The van der Waals surface area contributed by atoms with Crippen molar-refractivity contribution in [2.24, 2.45) is 4.99 Å². The zero-order valence-corrected chi connectivity index (χ0v) is 20.1. The predicted octanol–water partition coefficient (Wildman–Crippen LogP) is 4.20. The van der Waals surface area contributed by atoms with Gasteiger partial charge < -0.3 is 10.1 Å². The van der Waals surface area contributed by atoms with Crippen LogP contribution in [-0.4, -0.2) is 37.7 Å². The van der Waals surface area contributed by atoms with Crippen LogP contribution in [0.1, 0.15) is 39.3 Å². The molecule has 5 rings (SSSR count). The number of rotatable bonds is 6. The van der Waals surface area contributed by atoms with Gasteiger partial charge in [-0.3, -0.25) is 19.5 Å². The summed E-state index contributed by atoms with van der Waals surface area (Å²) in [7, 11) is 1.64. The van der Waals surface area contributed by atoms with Crippen LogP contribution in [0.5, 0.6) is 5.75 Å². The van der Waals surface area contributed by atoms with E-state index in [1.165, 1.54) is 10.4 Å². The molecule has 0 radical (unpaired) electrons.